The molecule has 0 fully saturated rings. The van der Waals surface area contributed by atoms with Gasteiger partial charge >= 0.3 is 0 Å². The smallest absolute Gasteiger partial charge is 0.136 e. The molecule has 0 radical (unpaired) electrons. The Kier molecular flexibility index (Phi) is 3.78. The minimum absolute atomic E-state index is 0.929. The van der Waals surface area contributed by atoms with E-state index in [0.717, 1.165) is 16.6 Å². The lowest BCUT2D eigenvalue weighted by molar-refractivity contribution is 0.669. The van der Waals surface area contributed by atoms with Gasteiger partial charge in [0.15, 0.2) is 0 Å². The monoisotopic (exact) mass is 426 g/mol. The Hall–Kier alpha value is -3.88. The summed E-state index contributed by atoms with van der Waals surface area (Å²) in [5, 5.41) is 4.99. The fraction of sp³-hybridized carbons (Fsp3) is 0. The van der Waals surface area contributed by atoms with Crippen LogP contribution in [0.4, 0.5) is 0 Å². The van der Waals surface area contributed by atoms with E-state index >= 15 is 0 Å². The fourth-order valence-corrected chi connectivity index (χ4v) is 5.95. The number of furan rings is 1. The molecular weight excluding hydrogens is 408 g/mol. The van der Waals surface area contributed by atoms with E-state index in [1.807, 2.05) is 23.5 Å². The molecule has 7 rings (SSSR count). The van der Waals surface area contributed by atoms with Crippen LogP contribution in [-0.2, 0) is 0 Å². The predicted molar refractivity (Wildman–Crippen MR) is 137 cm³/mol. The van der Waals surface area contributed by atoms with Gasteiger partial charge in [-0.2, -0.15) is 0 Å². The van der Waals surface area contributed by atoms with Crippen LogP contribution in [0.1, 0.15) is 0 Å². The van der Waals surface area contributed by atoms with E-state index in [-0.39, 0.29) is 0 Å². The molecule has 2 aromatic heterocycles. The van der Waals surface area contributed by atoms with E-state index in [0.29, 0.717) is 0 Å². The number of para-hydroxylation sites is 1. The van der Waals surface area contributed by atoms with Crippen molar-refractivity contribution in [1.82, 2.24) is 0 Å². The molecule has 0 N–H and O–H groups in total. The third kappa shape index (κ3) is 2.57. The molecule has 150 valence electrons. The number of fused-ring (bicyclic) bond motifs is 6. The lowest BCUT2D eigenvalue weighted by Crippen LogP contribution is -1.86. The minimum atomic E-state index is 0.929. The Bertz CT molecular complexity index is 1780. The molecule has 0 aliphatic heterocycles. The first kappa shape index (κ1) is 17.8. The first-order chi connectivity index (χ1) is 15.9. The highest BCUT2D eigenvalue weighted by Gasteiger charge is 2.15. The Labute approximate surface area is 189 Å². The topological polar surface area (TPSA) is 13.1 Å². The van der Waals surface area contributed by atoms with Gasteiger partial charge in [-0.25, -0.2) is 0 Å². The van der Waals surface area contributed by atoms with Crippen molar-refractivity contribution in [2.45, 2.75) is 0 Å². The zero-order valence-electron chi connectivity index (χ0n) is 17.2. The van der Waals surface area contributed by atoms with Gasteiger partial charge < -0.3 is 4.42 Å². The molecule has 0 unspecified atom stereocenters. The van der Waals surface area contributed by atoms with Crippen LogP contribution in [0.15, 0.2) is 114 Å². The summed E-state index contributed by atoms with van der Waals surface area (Å²) in [6, 6.07) is 38.9. The molecule has 0 spiro atoms. The van der Waals surface area contributed by atoms with Gasteiger partial charge in [-0.05, 0) is 52.6 Å². The maximum Gasteiger partial charge on any atom is 0.136 e. The van der Waals surface area contributed by atoms with Crippen LogP contribution in [0.25, 0.3) is 64.4 Å². The van der Waals surface area contributed by atoms with Gasteiger partial charge in [0.2, 0.25) is 0 Å². The lowest BCUT2D eigenvalue weighted by Gasteiger charge is -2.12. The van der Waals surface area contributed by atoms with Crippen molar-refractivity contribution in [2.75, 3.05) is 0 Å². The molecule has 2 heterocycles. The lowest BCUT2D eigenvalue weighted by atomic mass is 9.91. The highest BCUT2D eigenvalue weighted by Crippen LogP contribution is 2.42. The summed E-state index contributed by atoms with van der Waals surface area (Å²) in [7, 11) is 0. The van der Waals surface area contributed by atoms with Crippen LogP contribution in [0.2, 0.25) is 0 Å². The molecule has 0 bridgehead atoms. The molecule has 0 amide bonds. The molecule has 0 saturated carbocycles. The summed E-state index contributed by atoms with van der Waals surface area (Å²) in [6.07, 6.45) is 0. The SMILES string of the molecule is c1ccc(-c2cccc3oc4ccccc4c23)c(-c2ccc3sc4ccccc4c3c2)c1. The number of hydrogen-bond donors (Lipinski definition) is 0. The summed E-state index contributed by atoms with van der Waals surface area (Å²) in [5.74, 6) is 0. The Morgan fingerprint density at radius 1 is 0.469 bits per heavy atom. The summed E-state index contributed by atoms with van der Waals surface area (Å²) >= 11 is 1.86. The average molecular weight is 427 g/mol. The first-order valence-electron chi connectivity index (χ1n) is 10.8. The molecule has 1 nitrogen and oxygen atoms in total. The highest BCUT2D eigenvalue weighted by molar-refractivity contribution is 7.25. The van der Waals surface area contributed by atoms with Crippen molar-refractivity contribution < 1.29 is 4.42 Å². The van der Waals surface area contributed by atoms with E-state index in [1.165, 1.54) is 47.8 Å². The second-order valence-corrected chi connectivity index (χ2v) is 9.22. The quantitative estimate of drug-likeness (QED) is 0.268. The highest BCUT2D eigenvalue weighted by atomic mass is 32.1. The maximum absolute atomic E-state index is 6.16. The van der Waals surface area contributed by atoms with Crippen molar-refractivity contribution >= 4 is 53.4 Å². The molecule has 2 heteroatoms. The van der Waals surface area contributed by atoms with Crippen molar-refractivity contribution in [3.05, 3.63) is 109 Å². The van der Waals surface area contributed by atoms with Gasteiger partial charge in [-0.3, -0.25) is 0 Å². The van der Waals surface area contributed by atoms with Crippen molar-refractivity contribution in [1.29, 1.82) is 0 Å². The number of benzene rings is 5. The van der Waals surface area contributed by atoms with Gasteiger partial charge in [0.1, 0.15) is 11.2 Å². The number of rotatable bonds is 2. The Morgan fingerprint density at radius 3 is 2.09 bits per heavy atom. The molecule has 0 atom stereocenters. The molecule has 32 heavy (non-hydrogen) atoms. The largest absolute Gasteiger partial charge is 0.456 e. The maximum atomic E-state index is 6.16. The van der Waals surface area contributed by atoms with Crippen LogP contribution < -0.4 is 0 Å². The van der Waals surface area contributed by atoms with Crippen LogP contribution in [-0.4, -0.2) is 0 Å². The van der Waals surface area contributed by atoms with Gasteiger partial charge in [0.05, 0.1) is 0 Å². The van der Waals surface area contributed by atoms with Crippen LogP contribution in [0, 0.1) is 0 Å². The van der Waals surface area contributed by atoms with Crippen molar-refractivity contribution in [2.24, 2.45) is 0 Å². The number of thiophene rings is 1. The summed E-state index contributed by atoms with van der Waals surface area (Å²) in [6.45, 7) is 0. The molecular formula is C30H18OS. The fourth-order valence-electron chi connectivity index (χ4n) is 4.86. The summed E-state index contributed by atoms with van der Waals surface area (Å²) in [5.41, 5.74) is 6.77. The zero-order valence-corrected chi connectivity index (χ0v) is 18.0. The van der Waals surface area contributed by atoms with Gasteiger partial charge in [-0.15, -0.1) is 11.3 Å². The molecule has 0 aliphatic carbocycles. The minimum Gasteiger partial charge on any atom is -0.456 e. The normalized spacial score (nSPS) is 11.8. The van der Waals surface area contributed by atoms with Gasteiger partial charge in [0.25, 0.3) is 0 Å². The van der Waals surface area contributed by atoms with E-state index in [4.69, 9.17) is 4.42 Å². The molecule has 7 aromatic rings. The standard InChI is InChI=1S/C30H18OS/c1-2-9-21(23-12-7-14-27-30(23)24-11-3-5-13-26(24)31-27)20(8-1)19-16-17-29-25(18-19)22-10-4-6-15-28(22)32-29/h1-18H. The van der Waals surface area contributed by atoms with E-state index in [2.05, 4.69) is 97.1 Å². The van der Waals surface area contributed by atoms with Crippen LogP contribution in [0.5, 0.6) is 0 Å². The summed E-state index contributed by atoms with van der Waals surface area (Å²) in [4.78, 5) is 0. The molecule has 5 aromatic carbocycles. The second kappa shape index (κ2) is 6.81. The van der Waals surface area contributed by atoms with E-state index < -0.39 is 0 Å². The van der Waals surface area contributed by atoms with Crippen LogP contribution >= 0.6 is 11.3 Å². The second-order valence-electron chi connectivity index (χ2n) is 8.13. The molecule has 0 aliphatic rings. The van der Waals surface area contributed by atoms with Gasteiger partial charge in [-0.1, -0.05) is 78.9 Å². The van der Waals surface area contributed by atoms with Crippen molar-refractivity contribution in [3.63, 3.8) is 0 Å². The average Bonchev–Trinajstić information content (AvgIpc) is 3.42. The predicted octanol–water partition coefficient (Wildman–Crippen LogP) is 9.29. The third-order valence-corrected chi connectivity index (χ3v) is 7.46. The van der Waals surface area contributed by atoms with Crippen molar-refractivity contribution in [3.8, 4) is 22.3 Å². The Balaban J connectivity index is 1.51. The third-order valence-electron chi connectivity index (χ3n) is 6.31. The van der Waals surface area contributed by atoms with Gasteiger partial charge in [0, 0.05) is 30.9 Å². The zero-order chi connectivity index (χ0) is 21.1. The number of hydrogen-bond acceptors (Lipinski definition) is 2. The molecule has 0 saturated heterocycles. The first-order valence-corrected chi connectivity index (χ1v) is 11.6. The van der Waals surface area contributed by atoms with E-state index in [9.17, 15) is 0 Å². The summed E-state index contributed by atoms with van der Waals surface area (Å²) < 4.78 is 8.82. The Morgan fingerprint density at radius 2 is 1.16 bits per heavy atom. The van der Waals surface area contributed by atoms with Crippen LogP contribution in [0.3, 0.4) is 0 Å². The van der Waals surface area contributed by atoms with E-state index in [1.54, 1.807) is 0 Å².